The summed E-state index contributed by atoms with van der Waals surface area (Å²) >= 11 is 0. The minimum absolute atomic E-state index is 0.0312. The molecule has 0 N–H and O–H groups in total. The van der Waals surface area contributed by atoms with Gasteiger partial charge >= 0.3 is 0 Å². The Morgan fingerprint density at radius 1 is 1.00 bits per heavy atom. The second-order valence-corrected chi connectivity index (χ2v) is 11.6. The first-order valence-corrected chi connectivity index (χ1v) is 12.5. The van der Waals surface area contributed by atoms with E-state index in [1.54, 1.807) is 35.7 Å². The highest BCUT2D eigenvalue weighted by atomic mass is 32.2. The van der Waals surface area contributed by atoms with E-state index >= 15 is 0 Å². The number of aryl methyl sites for hydroxylation is 1. The zero-order valence-electron chi connectivity index (χ0n) is 19.3. The molecule has 0 radical (unpaired) electrons. The molecule has 4 rings (SSSR count). The van der Waals surface area contributed by atoms with Crippen molar-refractivity contribution in [1.29, 1.82) is 0 Å². The van der Waals surface area contributed by atoms with E-state index in [1.807, 2.05) is 49.9 Å². The third kappa shape index (κ3) is 3.92. The third-order valence-corrected chi connectivity index (χ3v) is 9.09. The van der Waals surface area contributed by atoms with Crippen molar-refractivity contribution in [2.24, 2.45) is 5.41 Å². The molecule has 32 heavy (non-hydrogen) atoms. The number of rotatable bonds is 5. The number of carbonyl (C=O) groups is 1. The van der Waals surface area contributed by atoms with E-state index in [0.717, 1.165) is 24.0 Å². The van der Waals surface area contributed by atoms with Crippen LogP contribution >= 0.6 is 0 Å². The summed E-state index contributed by atoms with van der Waals surface area (Å²) in [6.07, 6.45) is 1.55. The van der Waals surface area contributed by atoms with Gasteiger partial charge in [0, 0.05) is 31.6 Å². The van der Waals surface area contributed by atoms with Crippen molar-refractivity contribution >= 4 is 15.9 Å². The van der Waals surface area contributed by atoms with Gasteiger partial charge in [0.25, 0.3) is 0 Å². The number of hydrogen-bond donors (Lipinski definition) is 0. The lowest BCUT2D eigenvalue weighted by Crippen LogP contribution is -2.64. The molecule has 2 fully saturated rings. The number of ether oxygens (including phenoxy) is 1. The highest BCUT2D eigenvalue weighted by molar-refractivity contribution is 7.89. The molecule has 0 unspecified atom stereocenters. The van der Waals surface area contributed by atoms with Gasteiger partial charge in [-0.05, 0) is 69.0 Å². The number of methoxy groups -OCH3 is 1. The van der Waals surface area contributed by atoms with Gasteiger partial charge in [-0.15, -0.1) is 0 Å². The first kappa shape index (κ1) is 22.8. The van der Waals surface area contributed by atoms with Gasteiger partial charge in [-0.25, -0.2) is 8.42 Å². The maximum atomic E-state index is 13.3. The summed E-state index contributed by atoms with van der Waals surface area (Å²) < 4.78 is 32.7. The second kappa shape index (κ2) is 8.19. The summed E-state index contributed by atoms with van der Waals surface area (Å²) in [5.74, 6) is 0.778. The molecule has 6 nitrogen and oxygen atoms in total. The van der Waals surface area contributed by atoms with Gasteiger partial charge in [0.05, 0.1) is 17.4 Å². The van der Waals surface area contributed by atoms with Gasteiger partial charge in [0.2, 0.25) is 15.9 Å². The van der Waals surface area contributed by atoms with Gasteiger partial charge in [-0.3, -0.25) is 4.79 Å². The molecule has 0 atom stereocenters. The van der Waals surface area contributed by atoms with Gasteiger partial charge in [0.15, 0.2) is 0 Å². The Morgan fingerprint density at radius 3 is 2.16 bits per heavy atom. The summed E-state index contributed by atoms with van der Waals surface area (Å²) in [6, 6.07) is 14.6. The number of carbonyl (C=O) groups excluding carboxylic acids is 1. The molecule has 1 amide bonds. The predicted molar refractivity (Wildman–Crippen MR) is 124 cm³/mol. The zero-order valence-corrected chi connectivity index (χ0v) is 20.1. The molecule has 2 aliphatic heterocycles. The Morgan fingerprint density at radius 2 is 1.59 bits per heavy atom. The van der Waals surface area contributed by atoms with Crippen molar-refractivity contribution in [2.75, 3.05) is 33.3 Å². The largest absolute Gasteiger partial charge is 0.497 e. The molecule has 0 bridgehead atoms. The van der Waals surface area contributed by atoms with Crippen molar-refractivity contribution < 1.29 is 17.9 Å². The van der Waals surface area contributed by atoms with E-state index in [4.69, 9.17) is 4.74 Å². The van der Waals surface area contributed by atoms with Crippen LogP contribution in [-0.2, 0) is 20.2 Å². The fraction of sp³-hybridized carbons (Fsp3) is 0.480. The number of hydrogen-bond acceptors (Lipinski definition) is 4. The quantitative estimate of drug-likeness (QED) is 0.690. The number of nitrogens with zero attached hydrogens (tertiary/aromatic N) is 2. The molecule has 1 spiro atoms. The summed E-state index contributed by atoms with van der Waals surface area (Å²) in [6.45, 7) is 8.41. The standard InChI is InChI=1S/C25H32N2O4S/c1-19-7-5-6-8-22(19)24(2,3)23(28)26-17-25(18-26)13-15-27(16-14-25)32(29,30)21-11-9-20(31-4)10-12-21/h5-12H,13-18H2,1-4H3. The Hall–Kier alpha value is -2.38. The molecule has 7 heteroatoms. The molecular weight excluding hydrogens is 424 g/mol. The van der Waals surface area contributed by atoms with E-state index in [1.165, 1.54) is 0 Å². The van der Waals surface area contributed by atoms with E-state index < -0.39 is 15.4 Å². The molecule has 2 aliphatic rings. The number of benzene rings is 2. The van der Waals surface area contributed by atoms with Crippen LogP contribution in [0.15, 0.2) is 53.4 Å². The Balaban J connectivity index is 1.38. The fourth-order valence-corrected chi connectivity index (χ4v) is 6.55. The van der Waals surface area contributed by atoms with Crippen LogP contribution in [0.2, 0.25) is 0 Å². The number of sulfonamides is 1. The molecule has 0 saturated carbocycles. The lowest BCUT2D eigenvalue weighted by molar-refractivity contribution is -0.151. The molecule has 172 valence electrons. The van der Waals surface area contributed by atoms with Crippen LogP contribution in [0, 0.1) is 12.3 Å². The molecule has 0 aliphatic carbocycles. The van der Waals surface area contributed by atoms with Gasteiger partial charge in [0.1, 0.15) is 5.75 Å². The van der Waals surface area contributed by atoms with Crippen LogP contribution in [0.25, 0.3) is 0 Å². The van der Waals surface area contributed by atoms with Crippen LogP contribution in [0.3, 0.4) is 0 Å². The van der Waals surface area contributed by atoms with Gasteiger partial charge < -0.3 is 9.64 Å². The molecule has 2 aromatic rings. The number of amides is 1. The minimum Gasteiger partial charge on any atom is -0.497 e. The van der Waals surface area contributed by atoms with Crippen LogP contribution < -0.4 is 4.74 Å². The number of likely N-dealkylation sites (tertiary alicyclic amines) is 1. The van der Waals surface area contributed by atoms with Crippen molar-refractivity contribution in [3.63, 3.8) is 0 Å². The fourth-order valence-electron chi connectivity index (χ4n) is 5.11. The lowest BCUT2D eigenvalue weighted by Gasteiger charge is -2.55. The smallest absolute Gasteiger partial charge is 0.243 e. The van der Waals surface area contributed by atoms with Crippen LogP contribution in [0.5, 0.6) is 5.75 Å². The third-order valence-electron chi connectivity index (χ3n) is 7.17. The highest BCUT2D eigenvalue weighted by Gasteiger charge is 2.50. The van der Waals surface area contributed by atoms with Crippen LogP contribution in [0.1, 0.15) is 37.8 Å². The predicted octanol–water partition coefficient (Wildman–Crippen LogP) is 3.59. The Kier molecular flexibility index (Phi) is 5.84. The van der Waals surface area contributed by atoms with E-state index in [9.17, 15) is 13.2 Å². The number of piperidine rings is 1. The van der Waals surface area contributed by atoms with Gasteiger partial charge in [-0.2, -0.15) is 4.31 Å². The molecule has 2 saturated heterocycles. The molecule has 0 aromatic heterocycles. The summed E-state index contributed by atoms with van der Waals surface area (Å²) in [5, 5.41) is 0. The summed E-state index contributed by atoms with van der Waals surface area (Å²) in [5.41, 5.74) is 1.64. The monoisotopic (exact) mass is 456 g/mol. The summed E-state index contributed by atoms with van der Waals surface area (Å²) in [7, 11) is -1.96. The maximum Gasteiger partial charge on any atom is 0.243 e. The van der Waals surface area contributed by atoms with E-state index in [-0.39, 0.29) is 11.3 Å². The lowest BCUT2D eigenvalue weighted by atomic mass is 9.70. The van der Waals surface area contributed by atoms with Crippen LogP contribution in [0.4, 0.5) is 0 Å². The average Bonchev–Trinajstić information content (AvgIpc) is 2.77. The van der Waals surface area contributed by atoms with Crippen LogP contribution in [-0.4, -0.2) is 56.8 Å². The Bertz CT molecular complexity index is 1090. The molecule has 2 heterocycles. The summed E-state index contributed by atoms with van der Waals surface area (Å²) in [4.78, 5) is 15.5. The van der Waals surface area contributed by atoms with Crippen molar-refractivity contribution in [2.45, 2.75) is 43.9 Å². The average molecular weight is 457 g/mol. The molecular formula is C25H32N2O4S. The highest BCUT2D eigenvalue weighted by Crippen LogP contribution is 2.43. The van der Waals surface area contributed by atoms with Crippen molar-refractivity contribution in [3.8, 4) is 5.75 Å². The first-order chi connectivity index (χ1) is 15.1. The zero-order chi connectivity index (χ0) is 23.1. The van der Waals surface area contributed by atoms with E-state index in [2.05, 4.69) is 0 Å². The second-order valence-electron chi connectivity index (χ2n) is 9.68. The topological polar surface area (TPSA) is 66.9 Å². The SMILES string of the molecule is COc1ccc(S(=O)(=O)N2CCC3(CC2)CN(C(=O)C(C)(C)c2ccccc2C)C3)cc1. The molecule has 2 aromatic carbocycles. The Labute approximate surface area is 191 Å². The maximum absolute atomic E-state index is 13.3. The minimum atomic E-state index is -3.52. The van der Waals surface area contributed by atoms with Crippen molar-refractivity contribution in [1.82, 2.24) is 9.21 Å². The van der Waals surface area contributed by atoms with Crippen molar-refractivity contribution in [3.05, 3.63) is 59.7 Å². The normalized spacial score (nSPS) is 18.9. The first-order valence-electron chi connectivity index (χ1n) is 11.1. The van der Waals surface area contributed by atoms with Gasteiger partial charge in [-0.1, -0.05) is 24.3 Å². The van der Waals surface area contributed by atoms with E-state index in [0.29, 0.717) is 36.8 Å².